The Labute approximate surface area is 164 Å². The summed E-state index contributed by atoms with van der Waals surface area (Å²) in [6.07, 6.45) is 0.362. The molecule has 4 rings (SSSR count). The topological polar surface area (TPSA) is 72.6 Å². The van der Waals surface area contributed by atoms with Gasteiger partial charge in [0.05, 0.1) is 22.8 Å². The van der Waals surface area contributed by atoms with Gasteiger partial charge in [0.15, 0.2) is 5.76 Å². The Morgan fingerprint density at radius 2 is 1.96 bits per heavy atom. The average Bonchev–Trinajstić information content (AvgIpc) is 3.13. The first-order valence-electron chi connectivity index (χ1n) is 9.25. The molecule has 0 spiro atoms. The van der Waals surface area contributed by atoms with E-state index < -0.39 is 10.0 Å². The van der Waals surface area contributed by atoms with Crippen LogP contribution in [0.25, 0.3) is 11.3 Å². The third kappa shape index (κ3) is 3.16. The molecule has 3 aromatic rings. The van der Waals surface area contributed by atoms with E-state index in [2.05, 4.69) is 5.16 Å². The molecule has 1 aliphatic heterocycles. The lowest BCUT2D eigenvalue weighted by Gasteiger charge is -2.34. The summed E-state index contributed by atoms with van der Waals surface area (Å²) in [6, 6.07) is 14.4. The molecule has 1 atom stereocenters. The van der Waals surface area contributed by atoms with E-state index in [9.17, 15) is 8.42 Å². The summed E-state index contributed by atoms with van der Waals surface area (Å²) in [5.74, 6) is 1.12. The quantitative estimate of drug-likeness (QED) is 0.659. The van der Waals surface area contributed by atoms with Crippen molar-refractivity contribution in [2.24, 2.45) is 0 Å². The number of aromatic nitrogens is 1. The van der Waals surface area contributed by atoms with Gasteiger partial charge in [0.2, 0.25) is 0 Å². The highest BCUT2D eigenvalue weighted by atomic mass is 32.2. The Bertz CT molecular complexity index is 1120. The molecule has 0 aliphatic carbocycles. The second kappa shape index (κ2) is 6.98. The normalized spacial score (nSPS) is 16.5. The van der Waals surface area contributed by atoms with E-state index in [0.29, 0.717) is 29.2 Å². The zero-order valence-electron chi connectivity index (χ0n) is 16.0. The Hall–Kier alpha value is -2.80. The van der Waals surface area contributed by atoms with Crippen LogP contribution >= 0.6 is 0 Å². The Morgan fingerprint density at radius 3 is 2.68 bits per heavy atom. The van der Waals surface area contributed by atoms with E-state index in [1.807, 2.05) is 45.0 Å². The van der Waals surface area contributed by atoms with Crippen molar-refractivity contribution in [3.8, 4) is 17.1 Å². The molecule has 0 saturated heterocycles. The van der Waals surface area contributed by atoms with Crippen LogP contribution in [0.2, 0.25) is 0 Å². The largest absolute Gasteiger partial charge is 0.487 e. The van der Waals surface area contributed by atoms with Gasteiger partial charge < -0.3 is 9.26 Å². The van der Waals surface area contributed by atoms with Gasteiger partial charge in [-0.25, -0.2) is 8.42 Å². The second-order valence-corrected chi connectivity index (χ2v) is 8.77. The summed E-state index contributed by atoms with van der Waals surface area (Å²) in [4.78, 5) is 0.283. The fourth-order valence-electron chi connectivity index (χ4n) is 3.43. The van der Waals surface area contributed by atoms with Crippen LogP contribution in [0.3, 0.4) is 0 Å². The molecular formula is C21H22N2O4S. The SMILES string of the molecule is CCc1ccc(-c2cc(C)no2)cc1S(=O)(=O)N1C[C@H](C)Oc2ccccc21. The molecule has 7 heteroatoms. The summed E-state index contributed by atoms with van der Waals surface area (Å²) in [6.45, 7) is 5.90. The van der Waals surface area contributed by atoms with Crippen molar-refractivity contribution in [3.05, 3.63) is 59.8 Å². The monoisotopic (exact) mass is 398 g/mol. The molecule has 28 heavy (non-hydrogen) atoms. The summed E-state index contributed by atoms with van der Waals surface area (Å²) < 4.78 is 40.0. The summed E-state index contributed by atoms with van der Waals surface area (Å²) in [5, 5.41) is 3.91. The van der Waals surface area contributed by atoms with Gasteiger partial charge in [-0.15, -0.1) is 0 Å². The third-order valence-corrected chi connectivity index (χ3v) is 6.68. The minimum atomic E-state index is -3.78. The Balaban J connectivity index is 1.85. The molecule has 146 valence electrons. The van der Waals surface area contributed by atoms with Crippen molar-refractivity contribution in [2.45, 2.75) is 38.2 Å². The molecule has 6 nitrogen and oxygen atoms in total. The van der Waals surface area contributed by atoms with Crippen LogP contribution < -0.4 is 9.04 Å². The van der Waals surface area contributed by atoms with Crippen LogP contribution in [0.4, 0.5) is 5.69 Å². The van der Waals surface area contributed by atoms with Gasteiger partial charge in [-0.1, -0.05) is 36.3 Å². The van der Waals surface area contributed by atoms with Gasteiger partial charge in [0.25, 0.3) is 10.0 Å². The van der Waals surface area contributed by atoms with Crippen molar-refractivity contribution >= 4 is 15.7 Å². The van der Waals surface area contributed by atoms with Crippen LogP contribution in [0, 0.1) is 6.92 Å². The van der Waals surface area contributed by atoms with E-state index in [4.69, 9.17) is 9.26 Å². The molecule has 0 fully saturated rings. The fraction of sp³-hybridized carbons (Fsp3) is 0.286. The number of benzene rings is 2. The standard InChI is InChI=1S/C21H22N2O4S/c1-4-16-9-10-17(20-11-14(2)22-27-20)12-21(16)28(24,25)23-13-15(3)26-19-8-6-5-7-18(19)23/h5-12,15H,4,13H2,1-3H3/t15-/m0/s1. The smallest absolute Gasteiger partial charge is 0.264 e. The fourth-order valence-corrected chi connectivity index (χ4v) is 5.31. The van der Waals surface area contributed by atoms with Gasteiger partial charge >= 0.3 is 0 Å². The van der Waals surface area contributed by atoms with E-state index in [1.165, 1.54) is 4.31 Å². The summed E-state index contributed by atoms with van der Waals surface area (Å²) >= 11 is 0. The lowest BCUT2D eigenvalue weighted by molar-refractivity contribution is 0.219. The van der Waals surface area contributed by atoms with Gasteiger partial charge in [-0.3, -0.25) is 4.31 Å². The molecule has 2 aromatic carbocycles. The molecule has 0 bridgehead atoms. The van der Waals surface area contributed by atoms with Gasteiger partial charge in [-0.05, 0) is 44.0 Å². The Morgan fingerprint density at radius 1 is 1.18 bits per heavy atom. The number of para-hydroxylation sites is 2. The lowest BCUT2D eigenvalue weighted by Crippen LogP contribution is -2.42. The minimum Gasteiger partial charge on any atom is -0.487 e. The van der Waals surface area contributed by atoms with E-state index in [0.717, 1.165) is 11.3 Å². The van der Waals surface area contributed by atoms with Crippen LogP contribution in [0.5, 0.6) is 5.75 Å². The molecule has 1 aromatic heterocycles. The van der Waals surface area contributed by atoms with Crippen molar-refractivity contribution in [3.63, 3.8) is 0 Å². The maximum atomic E-state index is 13.7. The zero-order chi connectivity index (χ0) is 19.9. The minimum absolute atomic E-state index is 0.241. The molecule has 0 radical (unpaired) electrons. The predicted octanol–water partition coefficient (Wildman–Crippen LogP) is 4.19. The first-order valence-corrected chi connectivity index (χ1v) is 10.7. The van der Waals surface area contributed by atoms with Crippen LogP contribution in [-0.2, 0) is 16.4 Å². The number of rotatable bonds is 4. The first kappa shape index (κ1) is 18.6. The van der Waals surface area contributed by atoms with Gasteiger partial charge in [0.1, 0.15) is 11.9 Å². The van der Waals surface area contributed by atoms with Crippen molar-refractivity contribution in [2.75, 3.05) is 10.8 Å². The Kier molecular flexibility index (Phi) is 4.63. The average molecular weight is 398 g/mol. The molecular weight excluding hydrogens is 376 g/mol. The number of hydrogen-bond donors (Lipinski definition) is 0. The lowest BCUT2D eigenvalue weighted by atomic mass is 10.1. The van der Waals surface area contributed by atoms with E-state index in [-0.39, 0.29) is 17.5 Å². The van der Waals surface area contributed by atoms with Crippen LogP contribution in [-0.4, -0.2) is 26.2 Å². The number of ether oxygens (including phenoxy) is 1. The maximum absolute atomic E-state index is 13.7. The van der Waals surface area contributed by atoms with Crippen LogP contribution in [0.1, 0.15) is 25.1 Å². The second-order valence-electron chi connectivity index (χ2n) is 6.94. The van der Waals surface area contributed by atoms with Crippen LogP contribution in [0.15, 0.2) is 57.9 Å². The maximum Gasteiger partial charge on any atom is 0.264 e. The summed E-state index contributed by atoms with van der Waals surface area (Å²) in [7, 11) is -3.78. The predicted molar refractivity (Wildman–Crippen MR) is 107 cm³/mol. The highest BCUT2D eigenvalue weighted by molar-refractivity contribution is 7.93. The van der Waals surface area contributed by atoms with Crippen molar-refractivity contribution < 1.29 is 17.7 Å². The molecule has 0 N–H and O–H groups in total. The molecule has 0 amide bonds. The summed E-state index contributed by atoms with van der Waals surface area (Å²) in [5.41, 5.74) is 2.75. The molecule has 0 unspecified atom stereocenters. The number of aryl methyl sites for hydroxylation is 2. The molecule has 2 heterocycles. The van der Waals surface area contributed by atoms with Crippen molar-refractivity contribution in [1.82, 2.24) is 5.16 Å². The van der Waals surface area contributed by atoms with Gasteiger partial charge in [-0.2, -0.15) is 0 Å². The van der Waals surface area contributed by atoms with Gasteiger partial charge in [0, 0.05) is 11.6 Å². The van der Waals surface area contributed by atoms with E-state index >= 15 is 0 Å². The third-order valence-electron chi connectivity index (χ3n) is 4.81. The number of nitrogens with zero attached hydrogens (tertiary/aromatic N) is 2. The number of sulfonamides is 1. The number of fused-ring (bicyclic) bond motifs is 1. The number of anilines is 1. The molecule has 1 aliphatic rings. The molecule has 0 saturated carbocycles. The highest BCUT2D eigenvalue weighted by Gasteiger charge is 2.34. The van der Waals surface area contributed by atoms with Crippen molar-refractivity contribution in [1.29, 1.82) is 0 Å². The zero-order valence-corrected chi connectivity index (χ0v) is 16.9. The number of hydrogen-bond acceptors (Lipinski definition) is 5. The first-order chi connectivity index (χ1) is 13.4. The highest BCUT2D eigenvalue weighted by Crippen LogP contribution is 2.38. The van der Waals surface area contributed by atoms with E-state index in [1.54, 1.807) is 24.3 Å².